The van der Waals surface area contributed by atoms with Crippen LogP contribution in [0.4, 0.5) is 0 Å². The van der Waals surface area contributed by atoms with E-state index in [1.165, 1.54) is 6.33 Å². The zero-order chi connectivity index (χ0) is 7.84. The molecule has 0 radical (unpaired) electrons. The minimum absolute atomic E-state index is 0.738. The predicted octanol–water partition coefficient (Wildman–Crippen LogP) is 1.27. The largest absolute Gasteiger partial charge is 0.269 e. The Morgan fingerprint density at radius 2 is 2.27 bits per heavy atom. The lowest BCUT2D eigenvalue weighted by Gasteiger charge is -1.90. The van der Waals surface area contributed by atoms with Crippen LogP contribution in [0, 0.1) is 10.6 Å². The number of halogens is 1. The second kappa shape index (κ2) is 2.40. The Bertz CT molecular complexity index is 394. The van der Waals surface area contributed by atoms with Gasteiger partial charge in [-0.05, 0) is 29.5 Å². The summed E-state index contributed by atoms with van der Waals surface area (Å²) in [6.45, 7) is 1.95. The highest BCUT2D eigenvalue weighted by Crippen LogP contribution is 2.16. The van der Waals surface area contributed by atoms with E-state index in [4.69, 9.17) is 0 Å². The van der Waals surface area contributed by atoms with Gasteiger partial charge >= 0.3 is 0 Å². The molecule has 5 heteroatoms. The summed E-state index contributed by atoms with van der Waals surface area (Å²) in [5.41, 5.74) is 1.70. The van der Waals surface area contributed by atoms with Gasteiger partial charge in [-0.3, -0.25) is 5.10 Å². The molecule has 0 saturated carbocycles. The minimum Gasteiger partial charge on any atom is -0.269 e. The van der Waals surface area contributed by atoms with Crippen molar-refractivity contribution < 1.29 is 0 Å². The van der Waals surface area contributed by atoms with Crippen molar-refractivity contribution in [3.63, 3.8) is 0 Å². The molecule has 0 bridgehead atoms. The Morgan fingerprint density at radius 1 is 1.45 bits per heavy atom. The van der Waals surface area contributed by atoms with Crippen LogP contribution in [0.1, 0.15) is 5.69 Å². The number of aromatic amines is 1. The first kappa shape index (κ1) is 6.96. The fraction of sp³-hybridized carbons (Fsp3) is 0.167. The van der Waals surface area contributed by atoms with Crippen LogP contribution in [-0.4, -0.2) is 20.2 Å². The van der Waals surface area contributed by atoms with Crippen molar-refractivity contribution >= 4 is 33.6 Å². The Hall–Kier alpha value is -0.720. The molecule has 0 aromatic carbocycles. The van der Waals surface area contributed by atoms with Gasteiger partial charge in [0.05, 0.1) is 11.1 Å². The predicted molar refractivity (Wildman–Crippen MR) is 49.1 cm³/mol. The highest BCUT2D eigenvalue weighted by atomic mass is 127. The fourth-order valence-electron chi connectivity index (χ4n) is 0.961. The van der Waals surface area contributed by atoms with Gasteiger partial charge in [0.25, 0.3) is 0 Å². The maximum Gasteiger partial charge on any atom is 0.185 e. The quantitative estimate of drug-likeness (QED) is 0.725. The van der Waals surface area contributed by atoms with E-state index in [1.807, 2.05) is 6.92 Å². The van der Waals surface area contributed by atoms with Crippen LogP contribution in [0.5, 0.6) is 0 Å². The van der Waals surface area contributed by atoms with Gasteiger partial charge in [0, 0.05) is 0 Å². The molecule has 0 unspecified atom stereocenters. The smallest absolute Gasteiger partial charge is 0.185 e. The first-order valence-corrected chi connectivity index (χ1v) is 4.18. The normalized spacial score (nSPS) is 10.7. The monoisotopic (exact) mass is 260 g/mol. The average molecular weight is 260 g/mol. The van der Waals surface area contributed by atoms with Crippen molar-refractivity contribution in [1.82, 2.24) is 20.2 Å². The van der Waals surface area contributed by atoms with E-state index in [0.717, 1.165) is 20.4 Å². The van der Waals surface area contributed by atoms with E-state index < -0.39 is 0 Å². The second-order valence-corrected chi connectivity index (χ2v) is 3.27. The van der Waals surface area contributed by atoms with Gasteiger partial charge in [-0.1, -0.05) is 0 Å². The van der Waals surface area contributed by atoms with Crippen LogP contribution in [0.2, 0.25) is 0 Å². The number of nitrogens with zero attached hydrogens (tertiary/aromatic N) is 3. The SMILES string of the molecule is Cc1ncnc2n[nH]c(I)c12. The number of H-pyrrole nitrogens is 1. The molecule has 0 fully saturated rings. The van der Waals surface area contributed by atoms with Gasteiger partial charge in [-0.25, -0.2) is 9.97 Å². The first-order chi connectivity index (χ1) is 5.29. The molecule has 0 saturated heterocycles. The maximum absolute atomic E-state index is 4.06. The highest BCUT2D eigenvalue weighted by Gasteiger charge is 2.05. The number of nitrogens with one attached hydrogen (secondary N) is 1. The molecule has 0 spiro atoms. The van der Waals surface area contributed by atoms with Crippen LogP contribution in [-0.2, 0) is 0 Å². The summed E-state index contributed by atoms with van der Waals surface area (Å²) in [5, 5.41) is 7.87. The topological polar surface area (TPSA) is 54.5 Å². The number of hydrogen-bond acceptors (Lipinski definition) is 3. The van der Waals surface area contributed by atoms with Gasteiger partial charge in [0.1, 0.15) is 10.0 Å². The second-order valence-electron chi connectivity index (χ2n) is 2.20. The van der Waals surface area contributed by atoms with Crippen molar-refractivity contribution in [2.75, 3.05) is 0 Å². The zero-order valence-corrected chi connectivity index (χ0v) is 7.95. The van der Waals surface area contributed by atoms with Crippen LogP contribution in [0.25, 0.3) is 11.0 Å². The Morgan fingerprint density at radius 3 is 3.00 bits per heavy atom. The molecular formula is C6H5IN4. The van der Waals surface area contributed by atoms with E-state index in [1.54, 1.807) is 0 Å². The van der Waals surface area contributed by atoms with E-state index in [9.17, 15) is 0 Å². The highest BCUT2D eigenvalue weighted by molar-refractivity contribution is 14.1. The summed E-state index contributed by atoms with van der Waals surface area (Å²) in [5.74, 6) is 0. The molecule has 4 nitrogen and oxygen atoms in total. The standard InChI is InChI=1S/C6H5IN4/c1-3-4-5(7)10-11-6(4)9-2-8-3/h2H,1H3,(H,8,9,10,11). The summed E-state index contributed by atoms with van der Waals surface area (Å²) in [4.78, 5) is 8.07. The summed E-state index contributed by atoms with van der Waals surface area (Å²) in [7, 11) is 0. The lowest BCUT2D eigenvalue weighted by atomic mass is 10.3. The number of aromatic nitrogens is 4. The molecule has 56 valence electrons. The molecule has 11 heavy (non-hydrogen) atoms. The average Bonchev–Trinajstić information content (AvgIpc) is 2.34. The van der Waals surface area contributed by atoms with Gasteiger partial charge in [-0.2, -0.15) is 5.10 Å². The molecule has 2 heterocycles. The molecule has 0 aliphatic heterocycles. The third-order valence-electron chi connectivity index (χ3n) is 1.50. The maximum atomic E-state index is 4.06. The van der Waals surface area contributed by atoms with Crippen LogP contribution >= 0.6 is 22.6 Å². The van der Waals surface area contributed by atoms with Crippen molar-refractivity contribution in [2.24, 2.45) is 0 Å². The molecule has 0 aliphatic carbocycles. The Labute approximate surface area is 76.6 Å². The summed E-state index contributed by atoms with van der Waals surface area (Å²) >= 11 is 2.18. The van der Waals surface area contributed by atoms with Crippen LogP contribution in [0.3, 0.4) is 0 Å². The molecule has 1 N–H and O–H groups in total. The van der Waals surface area contributed by atoms with Gasteiger partial charge in [-0.15, -0.1) is 0 Å². The third kappa shape index (κ3) is 0.991. The van der Waals surface area contributed by atoms with Gasteiger partial charge < -0.3 is 0 Å². The van der Waals surface area contributed by atoms with Crippen molar-refractivity contribution in [2.45, 2.75) is 6.92 Å². The number of hydrogen-bond donors (Lipinski definition) is 1. The van der Waals surface area contributed by atoms with Crippen molar-refractivity contribution in [3.05, 3.63) is 15.7 Å². The molecular weight excluding hydrogens is 255 g/mol. The first-order valence-electron chi connectivity index (χ1n) is 3.10. The third-order valence-corrected chi connectivity index (χ3v) is 2.28. The number of aryl methyl sites for hydroxylation is 1. The van der Waals surface area contributed by atoms with Crippen LogP contribution in [0.15, 0.2) is 6.33 Å². The van der Waals surface area contributed by atoms with Crippen LogP contribution < -0.4 is 0 Å². The minimum atomic E-state index is 0.738. The van der Waals surface area contributed by atoms with E-state index >= 15 is 0 Å². The van der Waals surface area contributed by atoms with Gasteiger partial charge in [0.15, 0.2) is 5.65 Å². The summed E-state index contributed by atoms with van der Waals surface area (Å²) in [6, 6.07) is 0. The van der Waals surface area contributed by atoms with Gasteiger partial charge in [0.2, 0.25) is 0 Å². The van der Waals surface area contributed by atoms with E-state index in [0.29, 0.717) is 0 Å². The van der Waals surface area contributed by atoms with Crippen molar-refractivity contribution in [1.29, 1.82) is 0 Å². The van der Waals surface area contributed by atoms with E-state index in [-0.39, 0.29) is 0 Å². The molecule has 0 aliphatic rings. The molecule has 2 aromatic rings. The zero-order valence-electron chi connectivity index (χ0n) is 5.80. The fourth-order valence-corrected chi connectivity index (χ4v) is 1.71. The van der Waals surface area contributed by atoms with Crippen molar-refractivity contribution in [3.8, 4) is 0 Å². The number of rotatable bonds is 0. The molecule has 0 atom stereocenters. The van der Waals surface area contributed by atoms with E-state index in [2.05, 4.69) is 42.8 Å². The molecule has 2 aromatic heterocycles. The lowest BCUT2D eigenvalue weighted by Crippen LogP contribution is -1.84. The lowest BCUT2D eigenvalue weighted by molar-refractivity contribution is 1.07. The number of fused-ring (bicyclic) bond motifs is 1. The summed E-state index contributed by atoms with van der Waals surface area (Å²) < 4.78 is 0.996. The Kier molecular flexibility index (Phi) is 1.52. The summed E-state index contributed by atoms with van der Waals surface area (Å²) in [6.07, 6.45) is 1.52. The Balaban J connectivity index is 2.96. The molecule has 2 rings (SSSR count). The molecule has 0 amide bonds.